The Bertz CT molecular complexity index is 536. The van der Waals surface area contributed by atoms with Gasteiger partial charge in [0.2, 0.25) is 0 Å². The molecule has 0 saturated heterocycles. The summed E-state index contributed by atoms with van der Waals surface area (Å²) in [7, 11) is 1.94. The Labute approximate surface area is 118 Å². The quantitative estimate of drug-likeness (QED) is 0.798. The van der Waals surface area contributed by atoms with Crippen molar-refractivity contribution in [2.75, 3.05) is 18.4 Å². The van der Waals surface area contributed by atoms with Crippen LogP contribution in [0.2, 0.25) is 5.02 Å². The smallest absolute Gasteiger partial charge is 0.0762 e. The summed E-state index contributed by atoms with van der Waals surface area (Å²) < 4.78 is 1.88. The molecular weight excluding hydrogens is 260 g/mol. The molecule has 1 aromatic heterocycles. The van der Waals surface area contributed by atoms with E-state index in [1.165, 1.54) is 0 Å². The molecule has 0 amide bonds. The van der Waals surface area contributed by atoms with Crippen molar-refractivity contribution in [1.82, 2.24) is 9.78 Å². The van der Waals surface area contributed by atoms with Crippen LogP contribution < -0.4 is 11.1 Å². The average Bonchev–Trinajstić information content (AvgIpc) is 2.74. The van der Waals surface area contributed by atoms with Crippen LogP contribution >= 0.6 is 11.6 Å². The lowest BCUT2D eigenvalue weighted by atomic mass is 10.1. The Balaban J connectivity index is 2.15. The van der Waals surface area contributed by atoms with Crippen molar-refractivity contribution < 1.29 is 0 Å². The van der Waals surface area contributed by atoms with Crippen molar-refractivity contribution in [3.8, 4) is 0 Å². The van der Waals surface area contributed by atoms with Crippen molar-refractivity contribution in [1.29, 1.82) is 0 Å². The van der Waals surface area contributed by atoms with Crippen LogP contribution in [-0.4, -0.2) is 22.9 Å². The SMILES string of the molecule is Cn1ncc(NCCCN)c1Cc1ccccc1Cl. The molecule has 0 aliphatic rings. The second-order valence-corrected chi connectivity index (χ2v) is 4.87. The topological polar surface area (TPSA) is 55.9 Å². The number of rotatable bonds is 6. The van der Waals surface area contributed by atoms with Crippen molar-refractivity contribution >= 4 is 17.3 Å². The molecule has 4 nitrogen and oxygen atoms in total. The van der Waals surface area contributed by atoms with Gasteiger partial charge in [0, 0.05) is 25.0 Å². The Morgan fingerprint density at radius 3 is 2.89 bits per heavy atom. The predicted octanol–water partition coefficient (Wildman–Crippen LogP) is 2.42. The maximum Gasteiger partial charge on any atom is 0.0762 e. The molecule has 3 N–H and O–H groups in total. The zero-order valence-electron chi connectivity index (χ0n) is 11.1. The molecule has 0 unspecified atom stereocenters. The number of halogens is 1. The van der Waals surface area contributed by atoms with Crippen LogP contribution in [0.5, 0.6) is 0 Å². The largest absolute Gasteiger partial charge is 0.382 e. The van der Waals surface area contributed by atoms with Gasteiger partial charge in [-0.25, -0.2) is 0 Å². The number of benzene rings is 1. The molecule has 0 radical (unpaired) electrons. The second-order valence-electron chi connectivity index (χ2n) is 4.47. The third-order valence-electron chi connectivity index (χ3n) is 3.07. The fourth-order valence-electron chi connectivity index (χ4n) is 1.97. The van der Waals surface area contributed by atoms with E-state index in [1.807, 2.05) is 42.2 Å². The fourth-order valence-corrected chi connectivity index (χ4v) is 2.17. The number of hydrogen-bond acceptors (Lipinski definition) is 3. The molecule has 0 fully saturated rings. The lowest BCUT2D eigenvalue weighted by Gasteiger charge is -2.09. The Kier molecular flexibility index (Phi) is 4.82. The monoisotopic (exact) mass is 278 g/mol. The lowest BCUT2D eigenvalue weighted by molar-refractivity contribution is 0.724. The lowest BCUT2D eigenvalue weighted by Crippen LogP contribution is -2.10. The summed E-state index contributed by atoms with van der Waals surface area (Å²) in [6.45, 7) is 1.55. The van der Waals surface area contributed by atoms with Crippen LogP contribution in [0.15, 0.2) is 30.5 Å². The van der Waals surface area contributed by atoms with Gasteiger partial charge in [0.25, 0.3) is 0 Å². The molecule has 0 spiro atoms. The average molecular weight is 279 g/mol. The molecule has 19 heavy (non-hydrogen) atoms. The molecule has 2 rings (SSSR count). The minimum atomic E-state index is 0.688. The normalized spacial score (nSPS) is 10.7. The highest BCUT2D eigenvalue weighted by molar-refractivity contribution is 6.31. The van der Waals surface area contributed by atoms with Crippen molar-refractivity contribution in [2.24, 2.45) is 12.8 Å². The third-order valence-corrected chi connectivity index (χ3v) is 3.44. The van der Waals surface area contributed by atoms with E-state index in [2.05, 4.69) is 10.4 Å². The summed E-state index contributed by atoms with van der Waals surface area (Å²) in [6.07, 6.45) is 3.56. The van der Waals surface area contributed by atoms with E-state index in [4.69, 9.17) is 17.3 Å². The predicted molar refractivity (Wildman–Crippen MR) is 79.6 cm³/mol. The van der Waals surface area contributed by atoms with Gasteiger partial charge in [-0.1, -0.05) is 29.8 Å². The van der Waals surface area contributed by atoms with Gasteiger partial charge in [0.15, 0.2) is 0 Å². The molecule has 0 saturated carbocycles. The molecule has 0 aliphatic carbocycles. The number of nitrogens with zero attached hydrogens (tertiary/aromatic N) is 2. The zero-order chi connectivity index (χ0) is 13.7. The van der Waals surface area contributed by atoms with Gasteiger partial charge in [-0.15, -0.1) is 0 Å². The standard InChI is InChI=1S/C14H19ClN4/c1-19-14(9-11-5-2-3-6-12(11)15)13(10-18-19)17-8-4-7-16/h2-3,5-6,10,17H,4,7-9,16H2,1H3. The maximum atomic E-state index is 6.21. The first-order chi connectivity index (χ1) is 9.22. The number of hydrogen-bond donors (Lipinski definition) is 2. The number of anilines is 1. The van der Waals surface area contributed by atoms with Crippen molar-refractivity contribution in [2.45, 2.75) is 12.8 Å². The van der Waals surface area contributed by atoms with E-state index < -0.39 is 0 Å². The summed E-state index contributed by atoms with van der Waals surface area (Å²) >= 11 is 6.21. The second kappa shape index (κ2) is 6.59. The third kappa shape index (κ3) is 3.49. The molecule has 2 aromatic rings. The number of aromatic nitrogens is 2. The molecule has 0 aliphatic heterocycles. The van der Waals surface area contributed by atoms with E-state index in [9.17, 15) is 0 Å². The highest BCUT2D eigenvalue weighted by atomic mass is 35.5. The molecular formula is C14H19ClN4. The van der Waals surface area contributed by atoms with Crippen molar-refractivity contribution in [3.63, 3.8) is 0 Å². The van der Waals surface area contributed by atoms with Gasteiger partial charge in [-0.05, 0) is 24.6 Å². The van der Waals surface area contributed by atoms with Gasteiger partial charge < -0.3 is 11.1 Å². The first kappa shape index (κ1) is 13.9. The molecule has 0 atom stereocenters. The molecule has 1 aromatic carbocycles. The minimum absolute atomic E-state index is 0.688. The molecule has 5 heteroatoms. The van der Waals surface area contributed by atoms with E-state index in [0.29, 0.717) is 6.54 Å². The number of aryl methyl sites for hydroxylation is 1. The van der Waals surface area contributed by atoms with Gasteiger partial charge >= 0.3 is 0 Å². The van der Waals surface area contributed by atoms with E-state index in [1.54, 1.807) is 0 Å². The van der Waals surface area contributed by atoms with Crippen LogP contribution in [0.1, 0.15) is 17.7 Å². The fraction of sp³-hybridized carbons (Fsp3) is 0.357. The van der Waals surface area contributed by atoms with Crippen LogP contribution in [0.25, 0.3) is 0 Å². The van der Waals surface area contributed by atoms with E-state index >= 15 is 0 Å². The highest BCUT2D eigenvalue weighted by Gasteiger charge is 2.10. The highest BCUT2D eigenvalue weighted by Crippen LogP contribution is 2.23. The molecule has 102 valence electrons. The first-order valence-corrected chi connectivity index (χ1v) is 6.78. The van der Waals surface area contributed by atoms with E-state index in [-0.39, 0.29) is 0 Å². The summed E-state index contributed by atoms with van der Waals surface area (Å²) in [5, 5.41) is 8.46. The zero-order valence-corrected chi connectivity index (χ0v) is 11.8. The summed E-state index contributed by atoms with van der Waals surface area (Å²) in [5.41, 5.74) is 8.79. The number of nitrogens with two attached hydrogens (primary N) is 1. The van der Waals surface area contributed by atoms with Crippen LogP contribution in [0.4, 0.5) is 5.69 Å². The van der Waals surface area contributed by atoms with Gasteiger partial charge in [-0.3, -0.25) is 4.68 Å². The van der Waals surface area contributed by atoms with Crippen LogP contribution in [0.3, 0.4) is 0 Å². The minimum Gasteiger partial charge on any atom is -0.382 e. The molecule has 1 heterocycles. The number of nitrogens with one attached hydrogen (secondary N) is 1. The maximum absolute atomic E-state index is 6.21. The summed E-state index contributed by atoms with van der Waals surface area (Å²) in [5.74, 6) is 0. The van der Waals surface area contributed by atoms with Gasteiger partial charge in [0.1, 0.15) is 0 Å². The van der Waals surface area contributed by atoms with Crippen LogP contribution in [0, 0.1) is 0 Å². The summed E-state index contributed by atoms with van der Waals surface area (Å²) in [6, 6.07) is 7.89. The van der Waals surface area contributed by atoms with Crippen molar-refractivity contribution in [3.05, 3.63) is 46.7 Å². The van der Waals surface area contributed by atoms with E-state index in [0.717, 1.165) is 41.4 Å². The van der Waals surface area contributed by atoms with Gasteiger partial charge in [0.05, 0.1) is 17.6 Å². The van der Waals surface area contributed by atoms with Crippen LogP contribution in [-0.2, 0) is 13.5 Å². The molecule has 0 bridgehead atoms. The Morgan fingerprint density at radius 2 is 2.16 bits per heavy atom. The van der Waals surface area contributed by atoms with Gasteiger partial charge in [-0.2, -0.15) is 5.10 Å². The first-order valence-electron chi connectivity index (χ1n) is 6.40. The Morgan fingerprint density at radius 1 is 1.37 bits per heavy atom. The Hall–Kier alpha value is -1.52. The summed E-state index contributed by atoms with van der Waals surface area (Å²) in [4.78, 5) is 0.